The number of hydrogen-bond acceptors (Lipinski definition) is 6. The van der Waals surface area contributed by atoms with Crippen molar-refractivity contribution in [1.82, 2.24) is 20.4 Å². The van der Waals surface area contributed by atoms with Crippen LogP contribution in [-0.4, -0.2) is 52.2 Å². The summed E-state index contributed by atoms with van der Waals surface area (Å²) < 4.78 is 48.2. The maximum Gasteiger partial charge on any atom is 0.471 e. The second-order valence-corrected chi connectivity index (χ2v) is 9.27. The fourth-order valence-corrected chi connectivity index (χ4v) is 4.67. The quantitative estimate of drug-likeness (QED) is 0.498. The van der Waals surface area contributed by atoms with E-state index < -0.39 is 18.2 Å². The molecule has 0 radical (unpaired) electrons. The van der Waals surface area contributed by atoms with E-state index in [0.29, 0.717) is 30.8 Å². The van der Waals surface area contributed by atoms with Crippen LogP contribution < -0.4 is 15.4 Å². The molecule has 1 fully saturated rings. The van der Waals surface area contributed by atoms with E-state index in [1.165, 1.54) is 12.1 Å². The number of hydrogen-bond donors (Lipinski definition) is 2. The Labute approximate surface area is 216 Å². The zero-order chi connectivity index (χ0) is 26.7. The highest BCUT2D eigenvalue weighted by Crippen LogP contribution is 2.30. The molecule has 2 atom stereocenters. The van der Waals surface area contributed by atoms with Gasteiger partial charge in [0, 0.05) is 24.3 Å². The highest BCUT2D eigenvalue weighted by Gasteiger charge is 2.38. The first-order valence-corrected chi connectivity index (χ1v) is 12.4. The predicted octanol–water partition coefficient (Wildman–Crippen LogP) is 4.65. The van der Waals surface area contributed by atoms with Gasteiger partial charge in [0.25, 0.3) is 5.91 Å². The number of aryl methyl sites for hydroxylation is 1. The predicted molar refractivity (Wildman–Crippen MR) is 130 cm³/mol. The second kappa shape index (κ2) is 10.7. The van der Waals surface area contributed by atoms with Gasteiger partial charge in [0.05, 0.1) is 6.04 Å². The van der Waals surface area contributed by atoms with Gasteiger partial charge in [-0.3, -0.25) is 4.79 Å². The Morgan fingerprint density at radius 1 is 1.05 bits per heavy atom. The number of fused-ring (bicyclic) bond motifs is 1. The third-order valence-electron chi connectivity index (χ3n) is 6.67. The van der Waals surface area contributed by atoms with Crippen molar-refractivity contribution in [3.8, 4) is 17.1 Å². The van der Waals surface area contributed by atoms with Crippen LogP contribution in [0.5, 0.6) is 5.75 Å². The van der Waals surface area contributed by atoms with Crippen molar-refractivity contribution in [2.75, 3.05) is 18.4 Å². The molecule has 1 saturated heterocycles. The summed E-state index contributed by atoms with van der Waals surface area (Å²) in [5, 5.41) is 9.13. The van der Waals surface area contributed by atoms with Crippen molar-refractivity contribution in [1.29, 1.82) is 0 Å². The topological polar surface area (TPSA) is 110 Å². The monoisotopic (exact) mass is 529 g/mol. The molecule has 3 heterocycles. The zero-order valence-corrected chi connectivity index (χ0v) is 20.3. The number of para-hydroxylation sites is 1. The molecule has 9 nitrogen and oxygen atoms in total. The summed E-state index contributed by atoms with van der Waals surface area (Å²) in [5.41, 5.74) is 1.86. The first-order chi connectivity index (χ1) is 18.3. The Morgan fingerprint density at radius 2 is 1.84 bits per heavy atom. The minimum atomic E-state index is -4.72. The molecule has 3 aromatic rings. The van der Waals surface area contributed by atoms with E-state index in [1.807, 2.05) is 24.3 Å². The number of benzene rings is 2. The number of carbonyl (C=O) groups is 2. The summed E-state index contributed by atoms with van der Waals surface area (Å²) in [6.45, 7) is 0.854. The van der Waals surface area contributed by atoms with Gasteiger partial charge >= 0.3 is 18.1 Å². The second-order valence-electron chi connectivity index (χ2n) is 9.27. The standard InChI is InChI=1S/C26H26F3N5O4/c27-26(28,29)24-32-22(33-38-24)17-8-11-18(12-9-17)31-25(36)34-14-4-3-6-19(34)15-30-23(35)21-13-10-16-5-1-2-7-20(16)37-21/h1-2,5,7-9,11-12,19,21H,3-4,6,10,13-15H2,(H,30,35)(H,31,36). The lowest BCUT2D eigenvalue weighted by Crippen LogP contribution is -2.52. The number of rotatable bonds is 5. The largest absolute Gasteiger partial charge is 0.480 e. The molecule has 2 aliphatic rings. The summed E-state index contributed by atoms with van der Waals surface area (Å²) in [5.74, 6) is -1.10. The molecule has 2 aliphatic heterocycles. The third kappa shape index (κ3) is 5.74. The van der Waals surface area contributed by atoms with Crippen molar-refractivity contribution >= 4 is 17.6 Å². The molecule has 0 spiro atoms. The minimum absolute atomic E-state index is 0.178. The van der Waals surface area contributed by atoms with Crippen LogP contribution in [0.1, 0.15) is 37.1 Å². The van der Waals surface area contributed by atoms with Crippen LogP contribution in [-0.2, 0) is 17.4 Å². The molecule has 12 heteroatoms. The number of halogens is 3. The number of piperidine rings is 1. The molecule has 38 heavy (non-hydrogen) atoms. The van der Waals surface area contributed by atoms with E-state index in [9.17, 15) is 22.8 Å². The van der Waals surface area contributed by atoms with Gasteiger partial charge in [-0.25, -0.2) is 4.79 Å². The van der Waals surface area contributed by atoms with Crippen LogP contribution in [0.2, 0.25) is 0 Å². The van der Waals surface area contributed by atoms with Gasteiger partial charge in [-0.05, 0) is 68.0 Å². The van der Waals surface area contributed by atoms with Crippen molar-refractivity contribution in [2.45, 2.75) is 50.4 Å². The van der Waals surface area contributed by atoms with Gasteiger partial charge in [-0.2, -0.15) is 18.2 Å². The van der Waals surface area contributed by atoms with Gasteiger partial charge in [0.1, 0.15) is 5.75 Å². The number of alkyl halides is 3. The fraction of sp³-hybridized carbons (Fsp3) is 0.385. The van der Waals surface area contributed by atoms with E-state index in [0.717, 1.165) is 37.0 Å². The number of amides is 3. The fourth-order valence-electron chi connectivity index (χ4n) is 4.67. The number of urea groups is 1. The third-order valence-corrected chi connectivity index (χ3v) is 6.67. The summed E-state index contributed by atoms with van der Waals surface area (Å²) >= 11 is 0. The number of aromatic nitrogens is 2. The first kappa shape index (κ1) is 25.6. The van der Waals surface area contributed by atoms with Crippen LogP contribution in [0.3, 0.4) is 0 Å². The van der Waals surface area contributed by atoms with E-state index >= 15 is 0 Å². The lowest BCUT2D eigenvalue weighted by Gasteiger charge is -2.36. The Kier molecular flexibility index (Phi) is 7.21. The van der Waals surface area contributed by atoms with E-state index in [1.54, 1.807) is 17.0 Å². The van der Waals surface area contributed by atoms with E-state index in [4.69, 9.17) is 4.74 Å². The van der Waals surface area contributed by atoms with Crippen molar-refractivity contribution in [2.24, 2.45) is 0 Å². The molecule has 0 saturated carbocycles. The van der Waals surface area contributed by atoms with Crippen LogP contribution in [0.15, 0.2) is 53.1 Å². The molecule has 2 N–H and O–H groups in total. The maximum absolute atomic E-state index is 13.0. The van der Waals surface area contributed by atoms with Crippen LogP contribution in [0.4, 0.5) is 23.7 Å². The Bertz CT molecular complexity index is 1290. The average molecular weight is 530 g/mol. The number of ether oxygens (including phenoxy) is 1. The highest BCUT2D eigenvalue weighted by molar-refractivity contribution is 5.90. The van der Waals surface area contributed by atoms with Gasteiger partial charge in [0.2, 0.25) is 5.82 Å². The lowest BCUT2D eigenvalue weighted by molar-refractivity contribution is -0.159. The van der Waals surface area contributed by atoms with Crippen LogP contribution >= 0.6 is 0 Å². The smallest absolute Gasteiger partial charge is 0.471 e. The van der Waals surface area contributed by atoms with Crippen molar-refractivity contribution in [3.05, 3.63) is 60.0 Å². The summed E-state index contributed by atoms with van der Waals surface area (Å²) in [6, 6.07) is 13.3. The van der Waals surface area contributed by atoms with Gasteiger partial charge in [-0.15, -0.1) is 0 Å². The zero-order valence-electron chi connectivity index (χ0n) is 20.3. The number of anilines is 1. The van der Waals surface area contributed by atoms with Gasteiger partial charge in [-0.1, -0.05) is 23.4 Å². The van der Waals surface area contributed by atoms with Crippen LogP contribution in [0, 0.1) is 0 Å². The number of carbonyl (C=O) groups excluding carboxylic acids is 2. The Balaban J connectivity index is 1.16. The maximum atomic E-state index is 13.0. The summed E-state index contributed by atoms with van der Waals surface area (Å²) in [6.07, 6.45) is -1.40. The van der Waals surface area contributed by atoms with E-state index in [-0.39, 0.29) is 23.8 Å². The lowest BCUT2D eigenvalue weighted by atomic mass is 10.0. The molecule has 200 valence electrons. The Hall–Kier alpha value is -4.09. The number of nitrogens with zero attached hydrogens (tertiary/aromatic N) is 3. The highest BCUT2D eigenvalue weighted by atomic mass is 19.4. The number of likely N-dealkylation sites (tertiary alicyclic amines) is 1. The normalized spacial score (nSPS) is 19.3. The molecule has 2 aromatic carbocycles. The Morgan fingerprint density at radius 3 is 2.61 bits per heavy atom. The summed E-state index contributed by atoms with van der Waals surface area (Å²) in [4.78, 5) is 30.9. The van der Waals surface area contributed by atoms with Crippen molar-refractivity contribution in [3.63, 3.8) is 0 Å². The van der Waals surface area contributed by atoms with Gasteiger partial charge in [0.15, 0.2) is 6.10 Å². The molecular formula is C26H26F3N5O4. The van der Waals surface area contributed by atoms with Crippen LogP contribution in [0.25, 0.3) is 11.4 Å². The molecule has 0 aliphatic carbocycles. The molecule has 5 rings (SSSR count). The molecule has 3 amide bonds. The molecule has 2 unspecified atom stereocenters. The molecule has 1 aromatic heterocycles. The minimum Gasteiger partial charge on any atom is -0.480 e. The first-order valence-electron chi connectivity index (χ1n) is 12.4. The number of nitrogens with one attached hydrogen (secondary N) is 2. The average Bonchev–Trinajstić information content (AvgIpc) is 3.43. The van der Waals surface area contributed by atoms with E-state index in [2.05, 4.69) is 25.3 Å². The summed E-state index contributed by atoms with van der Waals surface area (Å²) in [7, 11) is 0. The van der Waals surface area contributed by atoms with Gasteiger partial charge < -0.3 is 24.8 Å². The molecule has 0 bridgehead atoms. The van der Waals surface area contributed by atoms with Crippen molar-refractivity contribution < 1.29 is 32.0 Å². The molecular weight excluding hydrogens is 503 g/mol. The SMILES string of the molecule is O=C(NCC1CCCCN1C(=O)Nc1ccc(-c2noc(C(F)(F)F)n2)cc1)C1CCc2ccccc2O1.